The predicted octanol–water partition coefficient (Wildman–Crippen LogP) is 5.83. The Kier molecular flexibility index (Phi) is 9.77. The molecule has 0 aliphatic carbocycles. The number of likely N-dealkylation sites (N-methyl/N-ethyl adjacent to an activating group) is 1. The second kappa shape index (κ2) is 12.6. The van der Waals surface area contributed by atoms with Crippen LogP contribution in [0.15, 0.2) is 48.5 Å². The van der Waals surface area contributed by atoms with Crippen molar-refractivity contribution in [1.82, 2.24) is 9.80 Å². The van der Waals surface area contributed by atoms with Gasteiger partial charge in [0.25, 0.3) is 5.91 Å². The number of aryl methyl sites for hydroxylation is 2. The van der Waals surface area contributed by atoms with Gasteiger partial charge in [0.2, 0.25) is 5.78 Å². The van der Waals surface area contributed by atoms with E-state index in [1.165, 1.54) is 24.3 Å². The van der Waals surface area contributed by atoms with Gasteiger partial charge in [0, 0.05) is 30.6 Å². The minimum absolute atomic E-state index is 0.0123. The van der Waals surface area contributed by atoms with Crippen molar-refractivity contribution in [2.75, 3.05) is 20.1 Å². The summed E-state index contributed by atoms with van der Waals surface area (Å²) in [6.45, 7) is 6.94. The molecule has 36 heavy (non-hydrogen) atoms. The molecule has 1 aliphatic rings. The molecule has 2 aromatic rings. The third-order valence-corrected chi connectivity index (χ3v) is 7.81. The van der Waals surface area contributed by atoms with E-state index in [1.54, 1.807) is 4.90 Å². The summed E-state index contributed by atoms with van der Waals surface area (Å²) >= 11 is 0. The van der Waals surface area contributed by atoms with E-state index in [2.05, 4.69) is 11.9 Å². The third-order valence-electron chi connectivity index (χ3n) is 7.81. The number of halogens is 2. The predicted molar refractivity (Wildman–Crippen MR) is 140 cm³/mol. The van der Waals surface area contributed by atoms with Crippen molar-refractivity contribution in [2.45, 2.75) is 77.8 Å². The highest BCUT2D eigenvalue weighted by atomic mass is 19.1. The maximum absolute atomic E-state index is 13.3. The minimum atomic E-state index is -0.650. The van der Waals surface area contributed by atoms with Crippen LogP contribution in [0, 0.1) is 17.0 Å². The van der Waals surface area contributed by atoms with Crippen molar-refractivity contribution in [3.8, 4) is 0 Å². The van der Waals surface area contributed by atoms with Crippen LogP contribution in [-0.4, -0.2) is 53.7 Å². The molecular weight excluding hydrogens is 458 g/mol. The molecular formula is C30H40F2N2O2. The number of hydrogen-bond donors (Lipinski definition) is 0. The molecule has 1 aliphatic heterocycles. The Morgan fingerprint density at radius 1 is 0.972 bits per heavy atom. The average Bonchev–Trinajstić information content (AvgIpc) is 3.33. The quantitative estimate of drug-likeness (QED) is 0.346. The number of nitrogens with zero attached hydrogens (tertiary/aromatic N) is 2. The average molecular weight is 499 g/mol. The molecule has 0 radical (unpaired) electrons. The van der Waals surface area contributed by atoms with Gasteiger partial charge in [0.1, 0.15) is 11.6 Å². The first-order valence-electron chi connectivity index (χ1n) is 13.1. The van der Waals surface area contributed by atoms with Gasteiger partial charge in [-0.1, -0.05) is 45.0 Å². The highest BCUT2D eigenvalue weighted by Crippen LogP contribution is 2.27. The Bertz CT molecular complexity index is 955. The van der Waals surface area contributed by atoms with Gasteiger partial charge in [0.05, 0.1) is 0 Å². The maximum Gasteiger partial charge on any atom is 0.290 e. The van der Waals surface area contributed by atoms with E-state index in [0.717, 1.165) is 49.7 Å². The molecule has 1 fully saturated rings. The van der Waals surface area contributed by atoms with E-state index in [9.17, 15) is 18.4 Å². The molecule has 1 amide bonds. The monoisotopic (exact) mass is 498 g/mol. The third kappa shape index (κ3) is 7.45. The number of ketones is 1. The second-order valence-corrected chi connectivity index (χ2v) is 10.8. The summed E-state index contributed by atoms with van der Waals surface area (Å²) in [4.78, 5) is 30.0. The van der Waals surface area contributed by atoms with Crippen LogP contribution in [-0.2, 0) is 22.4 Å². The van der Waals surface area contributed by atoms with Crippen LogP contribution in [0.4, 0.5) is 8.78 Å². The van der Waals surface area contributed by atoms with Crippen LogP contribution in [0.5, 0.6) is 0 Å². The van der Waals surface area contributed by atoms with Crippen molar-refractivity contribution in [1.29, 1.82) is 0 Å². The summed E-state index contributed by atoms with van der Waals surface area (Å²) in [7, 11) is 2.08. The smallest absolute Gasteiger partial charge is 0.290 e. The first kappa shape index (κ1) is 28.0. The molecule has 4 nitrogen and oxygen atoms in total. The Morgan fingerprint density at radius 3 is 1.94 bits per heavy atom. The summed E-state index contributed by atoms with van der Waals surface area (Å²) in [5.74, 6) is -1.14. The van der Waals surface area contributed by atoms with Gasteiger partial charge >= 0.3 is 0 Å². The van der Waals surface area contributed by atoms with Gasteiger partial charge in [-0.25, -0.2) is 8.78 Å². The van der Waals surface area contributed by atoms with Crippen LogP contribution in [0.3, 0.4) is 0 Å². The van der Waals surface area contributed by atoms with E-state index in [1.807, 2.05) is 45.0 Å². The Morgan fingerprint density at radius 2 is 1.47 bits per heavy atom. The lowest BCUT2D eigenvalue weighted by Crippen LogP contribution is -2.49. The fourth-order valence-electron chi connectivity index (χ4n) is 4.91. The van der Waals surface area contributed by atoms with E-state index < -0.39 is 5.41 Å². The van der Waals surface area contributed by atoms with E-state index in [-0.39, 0.29) is 35.4 Å². The van der Waals surface area contributed by atoms with E-state index in [0.29, 0.717) is 19.5 Å². The van der Waals surface area contributed by atoms with Crippen molar-refractivity contribution < 1.29 is 18.4 Å². The first-order chi connectivity index (χ1) is 17.1. The lowest BCUT2D eigenvalue weighted by atomic mass is 9.84. The molecule has 1 atom stereocenters. The second-order valence-electron chi connectivity index (χ2n) is 10.8. The molecule has 1 saturated heterocycles. The fraction of sp³-hybridized carbons (Fsp3) is 0.533. The maximum atomic E-state index is 13.3. The van der Waals surface area contributed by atoms with E-state index in [4.69, 9.17) is 0 Å². The molecule has 0 aromatic heterocycles. The van der Waals surface area contributed by atoms with Crippen molar-refractivity contribution in [3.05, 3.63) is 71.3 Å². The number of Topliss-reactive ketones (excluding diaryl/α,β-unsaturated/α-hetero) is 1. The molecule has 1 heterocycles. The summed E-state index contributed by atoms with van der Waals surface area (Å²) in [6.07, 6.45) is 5.81. The summed E-state index contributed by atoms with van der Waals surface area (Å²) in [5.41, 5.74) is 1.52. The number of carbonyl (C=O) groups is 2. The molecule has 0 N–H and O–H groups in total. The molecule has 2 aromatic carbocycles. The molecule has 3 rings (SSSR count). The Labute approximate surface area is 214 Å². The molecule has 0 saturated carbocycles. The SMILES string of the molecule is CCC(C)(C)C(=O)C(=O)N1CCC[C@H]1CN(C)C(CCc1ccc(F)cc1)CCc1ccc(F)cc1. The number of amides is 1. The lowest BCUT2D eigenvalue weighted by molar-refractivity contribution is -0.150. The van der Waals surface area contributed by atoms with Crippen molar-refractivity contribution in [2.24, 2.45) is 5.41 Å². The largest absolute Gasteiger partial charge is 0.332 e. The topological polar surface area (TPSA) is 40.6 Å². The van der Waals surface area contributed by atoms with Crippen LogP contribution < -0.4 is 0 Å². The zero-order valence-electron chi connectivity index (χ0n) is 22.1. The van der Waals surface area contributed by atoms with Crippen LogP contribution in [0.1, 0.15) is 64.0 Å². The normalized spacial score (nSPS) is 16.2. The molecule has 6 heteroatoms. The highest BCUT2D eigenvalue weighted by Gasteiger charge is 2.39. The zero-order valence-corrected chi connectivity index (χ0v) is 22.1. The van der Waals surface area contributed by atoms with Crippen LogP contribution >= 0.6 is 0 Å². The van der Waals surface area contributed by atoms with Crippen molar-refractivity contribution in [3.63, 3.8) is 0 Å². The highest BCUT2D eigenvalue weighted by molar-refractivity contribution is 6.38. The van der Waals surface area contributed by atoms with Crippen LogP contribution in [0.2, 0.25) is 0 Å². The number of hydrogen-bond acceptors (Lipinski definition) is 3. The van der Waals surface area contributed by atoms with E-state index >= 15 is 0 Å². The number of carbonyl (C=O) groups excluding carboxylic acids is 2. The van der Waals surface area contributed by atoms with Gasteiger partial charge in [-0.2, -0.15) is 0 Å². The Hall–Kier alpha value is -2.60. The van der Waals surface area contributed by atoms with Crippen LogP contribution in [0.25, 0.3) is 0 Å². The lowest BCUT2D eigenvalue weighted by Gasteiger charge is -2.34. The minimum Gasteiger partial charge on any atom is -0.332 e. The summed E-state index contributed by atoms with van der Waals surface area (Å²) in [5, 5.41) is 0. The number of likely N-dealkylation sites (tertiary alicyclic amines) is 1. The number of benzene rings is 2. The molecule has 0 spiro atoms. The fourth-order valence-corrected chi connectivity index (χ4v) is 4.91. The van der Waals surface area contributed by atoms with Gasteiger partial charge in [0.15, 0.2) is 0 Å². The standard InChI is InChI=1S/C30H40F2N2O2/c1-5-30(2,3)28(35)29(36)34-20-6-7-27(34)21-33(4)26(18-12-22-8-14-24(31)15-9-22)19-13-23-10-16-25(32)17-11-23/h8-11,14-17,26-27H,5-7,12-13,18-21H2,1-4H3/t27-/m0/s1. The van der Waals surface area contributed by atoms with Gasteiger partial charge < -0.3 is 9.80 Å². The molecule has 196 valence electrons. The number of rotatable bonds is 12. The zero-order chi connectivity index (χ0) is 26.3. The summed E-state index contributed by atoms with van der Waals surface area (Å²) in [6, 6.07) is 13.5. The Balaban J connectivity index is 1.68. The first-order valence-corrected chi connectivity index (χ1v) is 13.1. The van der Waals surface area contributed by atoms with Crippen molar-refractivity contribution >= 4 is 11.7 Å². The summed E-state index contributed by atoms with van der Waals surface area (Å²) < 4.78 is 26.7. The van der Waals surface area contributed by atoms with Gasteiger partial charge in [-0.3, -0.25) is 9.59 Å². The van der Waals surface area contributed by atoms with Gasteiger partial charge in [-0.05, 0) is 87.4 Å². The van der Waals surface area contributed by atoms with Gasteiger partial charge in [-0.15, -0.1) is 0 Å². The molecule has 0 unspecified atom stereocenters. The molecule has 0 bridgehead atoms.